The van der Waals surface area contributed by atoms with E-state index in [-0.39, 0.29) is 17.0 Å². The van der Waals surface area contributed by atoms with Crippen molar-refractivity contribution in [2.24, 2.45) is 0 Å². The summed E-state index contributed by atoms with van der Waals surface area (Å²) in [6.45, 7) is 1.41. The number of hydrogen-bond donors (Lipinski definition) is 4. The van der Waals surface area contributed by atoms with Crippen molar-refractivity contribution in [1.29, 1.82) is 0 Å². The lowest BCUT2D eigenvalue weighted by molar-refractivity contribution is -0.277. The molecule has 9 heteroatoms. The van der Waals surface area contributed by atoms with Gasteiger partial charge < -0.3 is 29.9 Å². The third-order valence-corrected chi connectivity index (χ3v) is 4.38. The fourth-order valence-electron chi connectivity index (χ4n) is 2.94. The Morgan fingerprint density at radius 3 is 2.73 bits per heavy atom. The molecule has 0 aliphatic carbocycles. The average molecular weight is 366 g/mol. The summed E-state index contributed by atoms with van der Waals surface area (Å²) in [5.41, 5.74) is 0.598. The number of nitrogens with zero attached hydrogens (tertiary/aromatic N) is 2. The van der Waals surface area contributed by atoms with Gasteiger partial charge in [-0.2, -0.15) is 0 Å². The first-order valence-electron chi connectivity index (χ1n) is 8.44. The molecule has 2 aromatic rings. The summed E-state index contributed by atoms with van der Waals surface area (Å²) in [7, 11) is 0. The molecule has 26 heavy (non-hydrogen) atoms. The van der Waals surface area contributed by atoms with Crippen molar-refractivity contribution in [3.05, 3.63) is 40.4 Å². The molecular weight excluding hydrogens is 344 g/mol. The van der Waals surface area contributed by atoms with E-state index in [1.807, 2.05) is 6.92 Å². The first-order chi connectivity index (χ1) is 12.5. The minimum atomic E-state index is -1.55. The zero-order valence-electron chi connectivity index (χ0n) is 14.2. The molecule has 0 bridgehead atoms. The molecule has 0 radical (unpaired) electrons. The van der Waals surface area contributed by atoms with Gasteiger partial charge in [-0.1, -0.05) is 13.3 Å². The van der Waals surface area contributed by atoms with Crippen molar-refractivity contribution in [3.8, 4) is 5.75 Å². The van der Waals surface area contributed by atoms with E-state index in [1.165, 1.54) is 10.6 Å². The average Bonchev–Trinajstić information content (AvgIpc) is 2.65. The number of pyridine rings is 1. The summed E-state index contributed by atoms with van der Waals surface area (Å²) in [5, 5.41) is 39.0. The normalized spacial score (nSPS) is 29.0. The smallest absolute Gasteiger partial charge is 0.261 e. The minimum absolute atomic E-state index is 0.164. The van der Waals surface area contributed by atoms with Gasteiger partial charge in [0.15, 0.2) is 11.4 Å². The van der Waals surface area contributed by atoms with Crippen molar-refractivity contribution in [2.75, 3.05) is 6.61 Å². The van der Waals surface area contributed by atoms with E-state index < -0.39 is 37.3 Å². The highest BCUT2D eigenvalue weighted by Crippen LogP contribution is 2.25. The summed E-state index contributed by atoms with van der Waals surface area (Å²) < 4.78 is 12.3. The number of aliphatic hydroxyl groups excluding tert-OH is 4. The summed E-state index contributed by atoms with van der Waals surface area (Å²) in [6, 6.07) is 3.13. The molecular formula is C17H22N2O7. The number of aromatic nitrogens is 2. The highest BCUT2D eigenvalue weighted by molar-refractivity contribution is 5.53. The number of ether oxygens (including phenoxy) is 2. The molecule has 5 atom stereocenters. The maximum atomic E-state index is 12.5. The first kappa shape index (κ1) is 18.7. The Bertz CT molecular complexity index is 822. The Morgan fingerprint density at radius 2 is 2.04 bits per heavy atom. The summed E-state index contributed by atoms with van der Waals surface area (Å²) >= 11 is 0. The third kappa shape index (κ3) is 3.31. The van der Waals surface area contributed by atoms with Gasteiger partial charge in [0.1, 0.15) is 24.4 Å². The van der Waals surface area contributed by atoms with Crippen LogP contribution in [0.25, 0.3) is 5.65 Å². The van der Waals surface area contributed by atoms with Gasteiger partial charge in [-0.15, -0.1) is 0 Å². The van der Waals surface area contributed by atoms with Crippen LogP contribution in [0.5, 0.6) is 5.75 Å². The Morgan fingerprint density at radius 1 is 1.27 bits per heavy atom. The van der Waals surface area contributed by atoms with Gasteiger partial charge in [-0.25, -0.2) is 4.98 Å². The molecule has 0 amide bonds. The SMILES string of the molecule is CCCc1cnc2c(O[C@@H]3OC(CO)[C@@H](O)[C@H](O)C3O)cccn2c1=O. The molecule has 1 aliphatic rings. The summed E-state index contributed by atoms with van der Waals surface area (Å²) in [4.78, 5) is 16.8. The number of aliphatic hydroxyl groups is 4. The van der Waals surface area contributed by atoms with Crippen LogP contribution in [0.3, 0.4) is 0 Å². The van der Waals surface area contributed by atoms with Crippen LogP contribution < -0.4 is 10.3 Å². The van der Waals surface area contributed by atoms with Crippen molar-refractivity contribution >= 4 is 5.65 Å². The maximum absolute atomic E-state index is 12.5. The lowest BCUT2D eigenvalue weighted by atomic mass is 9.99. The van der Waals surface area contributed by atoms with Crippen molar-refractivity contribution in [1.82, 2.24) is 9.38 Å². The van der Waals surface area contributed by atoms with E-state index in [4.69, 9.17) is 9.47 Å². The van der Waals surface area contributed by atoms with Gasteiger partial charge in [0.2, 0.25) is 6.29 Å². The van der Waals surface area contributed by atoms with Gasteiger partial charge in [-0.3, -0.25) is 9.20 Å². The number of rotatable bonds is 5. The second kappa shape index (κ2) is 7.68. The summed E-state index contributed by atoms with van der Waals surface area (Å²) in [5.74, 6) is 0.164. The monoisotopic (exact) mass is 366 g/mol. The molecule has 1 fully saturated rings. The zero-order chi connectivity index (χ0) is 18.8. The van der Waals surface area contributed by atoms with Crippen molar-refractivity contribution in [2.45, 2.75) is 50.5 Å². The van der Waals surface area contributed by atoms with Gasteiger partial charge in [0.05, 0.1) is 6.61 Å². The van der Waals surface area contributed by atoms with Crippen LogP contribution in [0.2, 0.25) is 0 Å². The van der Waals surface area contributed by atoms with Crippen LogP contribution in [-0.4, -0.2) is 67.1 Å². The Labute approximate surface area is 149 Å². The zero-order valence-corrected chi connectivity index (χ0v) is 14.2. The van der Waals surface area contributed by atoms with E-state index in [0.717, 1.165) is 6.42 Å². The largest absolute Gasteiger partial charge is 0.458 e. The van der Waals surface area contributed by atoms with Gasteiger partial charge in [0.25, 0.3) is 5.56 Å². The minimum Gasteiger partial charge on any atom is -0.458 e. The van der Waals surface area contributed by atoms with E-state index in [0.29, 0.717) is 12.0 Å². The molecule has 1 aliphatic heterocycles. The van der Waals surface area contributed by atoms with E-state index in [2.05, 4.69) is 4.98 Å². The molecule has 142 valence electrons. The lowest BCUT2D eigenvalue weighted by Crippen LogP contribution is -2.60. The highest BCUT2D eigenvalue weighted by Gasteiger charge is 2.44. The van der Waals surface area contributed by atoms with Crippen LogP contribution in [0.1, 0.15) is 18.9 Å². The molecule has 4 N–H and O–H groups in total. The first-order valence-corrected chi connectivity index (χ1v) is 8.44. The topological polar surface area (TPSA) is 134 Å². The molecule has 9 nitrogen and oxygen atoms in total. The van der Waals surface area contributed by atoms with Gasteiger partial charge >= 0.3 is 0 Å². The van der Waals surface area contributed by atoms with Gasteiger partial charge in [-0.05, 0) is 18.6 Å². The molecule has 2 aromatic heterocycles. The van der Waals surface area contributed by atoms with E-state index in [9.17, 15) is 25.2 Å². The lowest BCUT2D eigenvalue weighted by Gasteiger charge is -2.39. The van der Waals surface area contributed by atoms with Crippen LogP contribution >= 0.6 is 0 Å². The molecule has 3 rings (SSSR count). The van der Waals surface area contributed by atoms with Crippen LogP contribution in [0.15, 0.2) is 29.3 Å². The van der Waals surface area contributed by atoms with Crippen LogP contribution in [0, 0.1) is 0 Å². The number of hydrogen-bond acceptors (Lipinski definition) is 8. The summed E-state index contributed by atoms with van der Waals surface area (Å²) in [6.07, 6.45) is -2.53. The fraction of sp³-hybridized carbons (Fsp3) is 0.529. The Kier molecular flexibility index (Phi) is 5.54. The molecule has 0 spiro atoms. The Hall–Kier alpha value is -2.04. The highest BCUT2D eigenvalue weighted by atomic mass is 16.7. The van der Waals surface area contributed by atoms with Crippen molar-refractivity contribution in [3.63, 3.8) is 0 Å². The molecule has 0 aromatic carbocycles. The second-order valence-corrected chi connectivity index (χ2v) is 6.22. The maximum Gasteiger partial charge on any atom is 0.261 e. The fourth-order valence-corrected chi connectivity index (χ4v) is 2.94. The molecule has 2 unspecified atom stereocenters. The third-order valence-electron chi connectivity index (χ3n) is 4.38. The number of aryl methyl sites for hydroxylation is 1. The van der Waals surface area contributed by atoms with E-state index >= 15 is 0 Å². The molecule has 3 heterocycles. The standard InChI is InChI=1S/C17H22N2O7/c1-2-4-9-7-18-15-10(5-3-6-19(15)16(9)24)25-17-14(23)13(22)12(21)11(8-20)26-17/h3,5-7,11-14,17,20-23H,2,4,8H2,1H3/t11?,12-,13+,14?,17-/m1/s1. The Balaban J connectivity index is 1.93. The number of fused-ring (bicyclic) bond motifs is 1. The van der Waals surface area contributed by atoms with Crippen LogP contribution in [-0.2, 0) is 11.2 Å². The van der Waals surface area contributed by atoms with E-state index in [1.54, 1.807) is 18.3 Å². The quantitative estimate of drug-likeness (QED) is 0.520. The van der Waals surface area contributed by atoms with Crippen LogP contribution in [0.4, 0.5) is 0 Å². The van der Waals surface area contributed by atoms with Gasteiger partial charge in [0, 0.05) is 18.0 Å². The second-order valence-electron chi connectivity index (χ2n) is 6.22. The molecule has 0 saturated carbocycles. The molecule has 1 saturated heterocycles. The van der Waals surface area contributed by atoms with Crippen molar-refractivity contribution < 1.29 is 29.9 Å². The predicted molar refractivity (Wildman–Crippen MR) is 89.9 cm³/mol. The predicted octanol–water partition coefficient (Wildman–Crippen LogP) is -1.17.